The number of para-hydroxylation sites is 1. The van der Waals surface area contributed by atoms with E-state index in [4.69, 9.17) is 11.5 Å². The molecule has 314 valence electrons. The number of aromatic nitrogens is 1. The molecule has 3 rings (SSSR count). The fraction of sp³-hybridized carbons (Fsp3) is 0.590. The van der Waals surface area contributed by atoms with Gasteiger partial charge in [0.05, 0.1) is 6.42 Å². The van der Waals surface area contributed by atoms with Gasteiger partial charge in [-0.3, -0.25) is 38.6 Å². The number of aliphatic carboxylic acids is 1. The highest BCUT2D eigenvalue weighted by molar-refractivity contribution is 5.99. The third kappa shape index (κ3) is 14.1. The molecule has 1 unspecified atom stereocenters. The third-order valence-corrected chi connectivity index (χ3v) is 9.80. The summed E-state index contributed by atoms with van der Waals surface area (Å²) in [5.41, 5.74) is 12.4. The highest BCUT2D eigenvalue weighted by Crippen LogP contribution is 2.20. The van der Waals surface area contributed by atoms with Gasteiger partial charge < -0.3 is 53.5 Å². The van der Waals surface area contributed by atoms with Crippen molar-refractivity contribution in [2.75, 3.05) is 6.54 Å². The van der Waals surface area contributed by atoms with Crippen LogP contribution in [0.15, 0.2) is 35.5 Å². The summed E-state index contributed by atoms with van der Waals surface area (Å²) in [6.45, 7) is 11.0. The normalized spacial score (nSPS) is 23.6. The Hall–Kier alpha value is -5.68. The van der Waals surface area contributed by atoms with Crippen LogP contribution in [-0.2, 0) is 40.0 Å². The van der Waals surface area contributed by atoms with E-state index >= 15 is 0 Å². The Labute approximate surface area is 332 Å². The fourth-order valence-corrected chi connectivity index (χ4v) is 6.60. The number of aromatic amines is 1. The lowest BCUT2D eigenvalue weighted by Gasteiger charge is -2.31. The number of amides is 6. The maximum Gasteiger partial charge on any atom is 0.305 e. The molecule has 18 nitrogen and oxygen atoms in total. The minimum absolute atomic E-state index is 0.0284. The van der Waals surface area contributed by atoms with Crippen molar-refractivity contribution in [1.29, 1.82) is 0 Å². The quantitative estimate of drug-likeness (QED) is 0.0709. The zero-order chi connectivity index (χ0) is 42.4. The summed E-state index contributed by atoms with van der Waals surface area (Å²) < 4.78 is 0. The molecular weight excluding hydrogens is 736 g/mol. The Kier molecular flexibility index (Phi) is 17.3. The predicted molar refractivity (Wildman–Crippen MR) is 214 cm³/mol. The second-order valence-electron chi connectivity index (χ2n) is 15.5. The van der Waals surface area contributed by atoms with E-state index in [0.717, 1.165) is 10.9 Å². The molecule has 18 heteroatoms. The van der Waals surface area contributed by atoms with E-state index in [0.29, 0.717) is 12.0 Å². The molecule has 0 aliphatic carbocycles. The second-order valence-corrected chi connectivity index (χ2v) is 15.5. The number of guanidine groups is 1. The molecule has 0 spiro atoms. The number of carbonyl (C=O) groups excluding carboxylic acids is 6. The number of hydrogen-bond acceptors (Lipinski definition) is 8. The zero-order valence-corrected chi connectivity index (χ0v) is 33.6. The highest BCUT2D eigenvalue weighted by atomic mass is 16.4. The SMILES string of the molecule is CCC(C)[C@@H]1NC(=O)[C@@H](CC(C)C)NC(=O)[C@H](CC(C)C)NC(=O)[C@H](Cc2c[nH]c3ccccc23)NC(=O)[C@@H](CCCN=C(N)N)NC(=O)[C@H](CC(=O)O)NC1=O. The van der Waals surface area contributed by atoms with Gasteiger partial charge in [-0.25, -0.2) is 0 Å². The maximum atomic E-state index is 14.3. The minimum atomic E-state index is -1.67. The Balaban J connectivity index is 2.17. The molecule has 7 atom stereocenters. The molecule has 57 heavy (non-hydrogen) atoms. The van der Waals surface area contributed by atoms with Gasteiger partial charge in [0.25, 0.3) is 0 Å². The zero-order valence-electron chi connectivity index (χ0n) is 33.6. The average molecular weight is 797 g/mol. The molecule has 1 aromatic heterocycles. The number of benzene rings is 1. The van der Waals surface area contributed by atoms with E-state index in [-0.39, 0.29) is 56.4 Å². The summed E-state index contributed by atoms with van der Waals surface area (Å²) >= 11 is 0. The van der Waals surface area contributed by atoms with Crippen molar-refractivity contribution in [3.05, 3.63) is 36.0 Å². The summed E-state index contributed by atoms with van der Waals surface area (Å²) in [6.07, 6.45) is 1.75. The number of H-pyrrole nitrogens is 1. The highest BCUT2D eigenvalue weighted by Gasteiger charge is 2.37. The molecule has 1 aliphatic heterocycles. The van der Waals surface area contributed by atoms with Crippen molar-refractivity contribution in [2.24, 2.45) is 34.2 Å². The van der Waals surface area contributed by atoms with E-state index in [1.165, 1.54) is 0 Å². The average Bonchev–Trinajstić information content (AvgIpc) is 3.54. The minimum Gasteiger partial charge on any atom is -0.481 e. The molecule has 6 amide bonds. The molecule has 12 N–H and O–H groups in total. The third-order valence-electron chi connectivity index (χ3n) is 9.80. The molecule has 0 saturated carbocycles. The van der Waals surface area contributed by atoms with Crippen molar-refractivity contribution >= 4 is 58.3 Å². The number of aliphatic imine (C=N–C) groups is 1. The summed E-state index contributed by atoms with van der Waals surface area (Å²) in [7, 11) is 0. The van der Waals surface area contributed by atoms with E-state index in [1.807, 2.05) is 52.0 Å². The Morgan fingerprint density at radius 1 is 0.719 bits per heavy atom. The van der Waals surface area contributed by atoms with Crippen LogP contribution in [0.25, 0.3) is 10.9 Å². The van der Waals surface area contributed by atoms with Gasteiger partial charge in [0, 0.05) is 30.1 Å². The van der Waals surface area contributed by atoms with Gasteiger partial charge >= 0.3 is 5.97 Å². The largest absolute Gasteiger partial charge is 0.481 e. The molecule has 1 saturated heterocycles. The number of rotatable bonds is 14. The van der Waals surface area contributed by atoms with Crippen LogP contribution in [0.2, 0.25) is 0 Å². The first-order chi connectivity index (χ1) is 26.9. The summed E-state index contributed by atoms with van der Waals surface area (Å²) in [6, 6.07) is -0.400. The lowest BCUT2D eigenvalue weighted by molar-refractivity contribution is -0.142. The van der Waals surface area contributed by atoms with Crippen LogP contribution >= 0.6 is 0 Å². The van der Waals surface area contributed by atoms with E-state index in [2.05, 4.69) is 41.9 Å². The number of carboxylic acid groups (broad SMARTS) is 1. The van der Waals surface area contributed by atoms with Gasteiger partial charge in [-0.15, -0.1) is 0 Å². The summed E-state index contributed by atoms with van der Waals surface area (Å²) in [5, 5.41) is 26.7. The van der Waals surface area contributed by atoms with Crippen molar-refractivity contribution in [2.45, 2.75) is 123 Å². The molecule has 2 aromatic rings. The van der Waals surface area contributed by atoms with Gasteiger partial charge in [-0.05, 0) is 55.1 Å². The molecule has 1 aromatic carbocycles. The fourth-order valence-electron chi connectivity index (χ4n) is 6.60. The Bertz CT molecular complexity index is 1770. The molecule has 2 heterocycles. The molecule has 0 radical (unpaired) electrons. The van der Waals surface area contributed by atoms with Gasteiger partial charge in [-0.1, -0.05) is 66.2 Å². The van der Waals surface area contributed by atoms with E-state index in [9.17, 15) is 38.7 Å². The van der Waals surface area contributed by atoms with Gasteiger partial charge in [0.1, 0.15) is 36.3 Å². The lowest BCUT2D eigenvalue weighted by Crippen LogP contribution is -2.62. The van der Waals surface area contributed by atoms with Crippen molar-refractivity contribution in [3.8, 4) is 0 Å². The predicted octanol–water partition coefficient (Wildman–Crippen LogP) is 0.299. The number of nitrogens with zero attached hydrogens (tertiary/aromatic N) is 1. The van der Waals surface area contributed by atoms with Crippen molar-refractivity contribution < 1.29 is 38.7 Å². The van der Waals surface area contributed by atoms with E-state index < -0.39 is 90.0 Å². The van der Waals surface area contributed by atoms with Crippen LogP contribution in [0.3, 0.4) is 0 Å². The number of nitrogens with one attached hydrogen (secondary N) is 7. The smallest absolute Gasteiger partial charge is 0.305 e. The number of carboxylic acids is 1. The standard InChI is InChI=1S/C39H60N10O8/c1-7-22(6)32-38(57)48-30(18-31(50)51)36(55)44-26(13-10-14-42-39(40)41)33(52)47-29(17-23-19-43-25-12-9-8-11-24(23)25)35(54)45-27(15-20(2)3)34(53)46-28(16-21(4)5)37(56)49-32/h8-9,11-12,19-22,26-30,32,43H,7,10,13-18H2,1-6H3,(H,44,55)(H,45,54)(H,46,53)(H,47,52)(H,48,57)(H,49,56)(H,50,51)(H4,40,41,42)/t22?,26-,27+,28-,29+,30+,32+/m1/s1. The van der Waals surface area contributed by atoms with Gasteiger partial charge in [0.15, 0.2) is 5.96 Å². The Morgan fingerprint density at radius 2 is 1.23 bits per heavy atom. The second kappa shape index (κ2) is 21.6. The summed E-state index contributed by atoms with van der Waals surface area (Å²) in [4.78, 5) is 103. The van der Waals surface area contributed by atoms with Crippen LogP contribution in [0, 0.1) is 17.8 Å². The number of hydrogen-bond donors (Lipinski definition) is 10. The molecule has 0 bridgehead atoms. The molecular formula is C39H60N10O8. The Morgan fingerprint density at radius 3 is 1.81 bits per heavy atom. The first-order valence-electron chi connectivity index (χ1n) is 19.5. The van der Waals surface area contributed by atoms with Crippen LogP contribution in [0.4, 0.5) is 0 Å². The number of carbonyl (C=O) groups is 7. The number of nitrogens with two attached hydrogens (primary N) is 2. The van der Waals surface area contributed by atoms with Gasteiger partial charge in [-0.2, -0.15) is 0 Å². The van der Waals surface area contributed by atoms with Crippen LogP contribution < -0.4 is 43.4 Å². The molecule has 1 aliphatic rings. The van der Waals surface area contributed by atoms with Crippen LogP contribution in [0.1, 0.15) is 85.6 Å². The maximum absolute atomic E-state index is 14.3. The monoisotopic (exact) mass is 796 g/mol. The van der Waals surface area contributed by atoms with Gasteiger partial charge in [0.2, 0.25) is 35.4 Å². The van der Waals surface area contributed by atoms with Crippen molar-refractivity contribution in [1.82, 2.24) is 36.9 Å². The van der Waals surface area contributed by atoms with Crippen LogP contribution in [0.5, 0.6) is 0 Å². The summed E-state index contributed by atoms with van der Waals surface area (Å²) in [5.74, 6) is -6.85. The van der Waals surface area contributed by atoms with Crippen molar-refractivity contribution in [3.63, 3.8) is 0 Å². The first kappa shape index (κ1) is 45.7. The topological polar surface area (TPSA) is 292 Å². The van der Waals surface area contributed by atoms with Crippen LogP contribution in [-0.4, -0.2) is 100 Å². The van der Waals surface area contributed by atoms with E-state index in [1.54, 1.807) is 20.0 Å². The first-order valence-corrected chi connectivity index (χ1v) is 19.5. The lowest BCUT2D eigenvalue weighted by atomic mass is 9.95. The number of fused-ring (bicyclic) bond motifs is 1. The molecule has 1 fully saturated rings.